The van der Waals surface area contributed by atoms with Crippen LogP contribution in [0, 0.1) is 0 Å². The summed E-state index contributed by atoms with van der Waals surface area (Å²) in [6.07, 6.45) is 0. The van der Waals surface area contributed by atoms with Crippen molar-refractivity contribution in [1.29, 1.82) is 0 Å². The fourth-order valence-electron chi connectivity index (χ4n) is 1.98. The largest absolute Gasteiger partial charge is 0.497 e. The second-order valence-electron chi connectivity index (χ2n) is 4.76. The Hall–Kier alpha value is -2.54. The van der Waals surface area contributed by atoms with Gasteiger partial charge in [-0.1, -0.05) is 0 Å². The number of ether oxygens (including phenoxy) is 2. The van der Waals surface area contributed by atoms with E-state index in [0.29, 0.717) is 17.0 Å². The Morgan fingerprint density at radius 3 is 2.17 bits per heavy atom. The quantitative estimate of drug-likeness (QED) is 0.821. The third-order valence-electron chi connectivity index (χ3n) is 3.20. The van der Waals surface area contributed by atoms with Crippen molar-refractivity contribution in [3.8, 4) is 11.5 Å². The summed E-state index contributed by atoms with van der Waals surface area (Å²) >= 11 is 0. The van der Waals surface area contributed by atoms with Crippen molar-refractivity contribution in [2.45, 2.75) is 11.8 Å². The number of ketones is 1. The number of rotatable bonds is 6. The van der Waals surface area contributed by atoms with Crippen molar-refractivity contribution in [3.63, 3.8) is 0 Å². The van der Waals surface area contributed by atoms with Gasteiger partial charge >= 0.3 is 0 Å². The van der Waals surface area contributed by atoms with E-state index in [2.05, 4.69) is 4.72 Å². The molecule has 0 unspecified atom stereocenters. The second-order valence-corrected chi connectivity index (χ2v) is 6.41. The summed E-state index contributed by atoms with van der Waals surface area (Å²) < 4.78 is 37.6. The topological polar surface area (TPSA) is 81.7 Å². The van der Waals surface area contributed by atoms with Crippen molar-refractivity contribution in [2.24, 2.45) is 0 Å². The molecule has 6 nitrogen and oxygen atoms in total. The predicted octanol–water partition coefficient (Wildman–Crippen LogP) is 2.71. The van der Waals surface area contributed by atoms with Crippen LogP contribution in [-0.2, 0) is 10.0 Å². The molecule has 0 aliphatic carbocycles. The summed E-state index contributed by atoms with van der Waals surface area (Å²) in [6.45, 7) is 1.45. The third-order valence-corrected chi connectivity index (χ3v) is 4.62. The molecule has 1 N–H and O–H groups in total. The summed E-state index contributed by atoms with van der Waals surface area (Å²) in [5.74, 6) is 0.583. The molecule has 0 bridgehead atoms. The zero-order valence-corrected chi connectivity index (χ0v) is 13.8. The van der Waals surface area contributed by atoms with Crippen LogP contribution in [0.15, 0.2) is 47.4 Å². The van der Waals surface area contributed by atoms with E-state index in [-0.39, 0.29) is 16.4 Å². The molecule has 0 aromatic heterocycles. The first-order chi connectivity index (χ1) is 10.9. The maximum Gasteiger partial charge on any atom is 0.265 e. The van der Waals surface area contributed by atoms with Gasteiger partial charge in [-0.3, -0.25) is 9.52 Å². The molecule has 0 saturated heterocycles. The molecule has 122 valence electrons. The average molecular weight is 335 g/mol. The highest BCUT2D eigenvalue weighted by molar-refractivity contribution is 7.92. The molecule has 0 radical (unpaired) electrons. The van der Waals surface area contributed by atoms with Gasteiger partial charge in [0.25, 0.3) is 10.0 Å². The summed E-state index contributed by atoms with van der Waals surface area (Å²) in [5.41, 5.74) is 0.864. The zero-order chi connectivity index (χ0) is 17.0. The van der Waals surface area contributed by atoms with Gasteiger partial charge < -0.3 is 9.47 Å². The number of carbonyl (C=O) groups is 1. The van der Waals surface area contributed by atoms with E-state index in [1.165, 1.54) is 51.5 Å². The minimum Gasteiger partial charge on any atom is -0.497 e. The first kappa shape index (κ1) is 16.8. The number of carbonyl (C=O) groups excluding carboxylic acids is 1. The molecule has 7 heteroatoms. The molecule has 0 heterocycles. The first-order valence-corrected chi connectivity index (χ1v) is 8.21. The lowest BCUT2D eigenvalue weighted by Crippen LogP contribution is -2.14. The molecule has 2 aromatic carbocycles. The van der Waals surface area contributed by atoms with Crippen LogP contribution in [0.3, 0.4) is 0 Å². The lowest BCUT2D eigenvalue weighted by Gasteiger charge is -2.12. The van der Waals surface area contributed by atoms with Crippen LogP contribution >= 0.6 is 0 Å². The van der Waals surface area contributed by atoms with E-state index in [1.807, 2.05) is 0 Å². The van der Waals surface area contributed by atoms with Gasteiger partial charge in [0.15, 0.2) is 5.78 Å². The normalized spacial score (nSPS) is 10.9. The zero-order valence-electron chi connectivity index (χ0n) is 13.0. The van der Waals surface area contributed by atoms with E-state index in [4.69, 9.17) is 9.47 Å². The molecule has 0 fully saturated rings. The minimum absolute atomic E-state index is 0.00329. The van der Waals surface area contributed by atoms with Crippen molar-refractivity contribution in [2.75, 3.05) is 18.9 Å². The Balaban J connectivity index is 2.33. The monoisotopic (exact) mass is 335 g/mol. The van der Waals surface area contributed by atoms with Gasteiger partial charge in [0, 0.05) is 17.3 Å². The van der Waals surface area contributed by atoms with Crippen molar-refractivity contribution in [3.05, 3.63) is 48.0 Å². The first-order valence-electron chi connectivity index (χ1n) is 6.73. The van der Waals surface area contributed by atoms with Crippen LogP contribution < -0.4 is 14.2 Å². The fourth-order valence-corrected chi connectivity index (χ4v) is 3.19. The van der Waals surface area contributed by atoms with E-state index in [0.717, 1.165) is 0 Å². The molecule has 0 amide bonds. The van der Waals surface area contributed by atoms with Crippen LogP contribution in [0.1, 0.15) is 17.3 Å². The van der Waals surface area contributed by atoms with E-state index >= 15 is 0 Å². The maximum atomic E-state index is 12.5. The Bertz CT molecular complexity index is 813. The van der Waals surface area contributed by atoms with Crippen LogP contribution in [0.2, 0.25) is 0 Å². The molecular weight excluding hydrogens is 318 g/mol. The maximum absolute atomic E-state index is 12.5. The number of hydrogen-bond donors (Lipinski definition) is 1. The Morgan fingerprint density at radius 2 is 1.65 bits per heavy atom. The van der Waals surface area contributed by atoms with E-state index in [9.17, 15) is 13.2 Å². The molecular formula is C16H17NO5S. The molecule has 0 aliphatic rings. The lowest BCUT2D eigenvalue weighted by atomic mass is 10.1. The standard InChI is InChI=1S/C16H17NO5S/c1-11(18)12-4-6-13(7-5-12)17-23(19,20)16-9-8-14(21-2)10-15(16)22-3/h4-10,17H,1-3H3. The van der Waals surface area contributed by atoms with E-state index < -0.39 is 10.0 Å². The summed E-state index contributed by atoms with van der Waals surface area (Å²) in [6, 6.07) is 10.6. The summed E-state index contributed by atoms with van der Waals surface area (Å²) in [4.78, 5) is 11.2. The average Bonchev–Trinajstić information content (AvgIpc) is 2.54. The number of anilines is 1. The summed E-state index contributed by atoms with van der Waals surface area (Å²) in [7, 11) is -0.961. The molecule has 0 spiro atoms. The Morgan fingerprint density at radius 1 is 1.00 bits per heavy atom. The highest BCUT2D eigenvalue weighted by Gasteiger charge is 2.20. The highest BCUT2D eigenvalue weighted by atomic mass is 32.2. The molecule has 2 aromatic rings. The number of benzene rings is 2. The van der Waals surface area contributed by atoms with Gasteiger partial charge in [0.1, 0.15) is 16.4 Å². The fraction of sp³-hybridized carbons (Fsp3) is 0.188. The highest BCUT2D eigenvalue weighted by Crippen LogP contribution is 2.29. The van der Waals surface area contributed by atoms with Gasteiger partial charge in [-0.15, -0.1) is 0 Å². The van der Waals surface area contributed by atoms with Crippen LogP contribution in [0.5, 0.6) is 11.5 Å². The van der Waals surface area contributed by atoms with Crippen molar-refractivity contribution in [1.82, 2.24) is 0 Å². The predicted molar refractivity (Wildman–Crippen MR) is 86.8 cm³/mol. The Labute approximate surface area is 135 Å². The van der Waals surface area contributed by atoms with E-state index in [1.54, 1.807) is 12.1 Å². The number of sulfonamides is 1. The smallest absolute Gasteiger partial charge is 0.265 e. The van der Waals surface area contributed by atoms with Gasteiger partial charge in [-0.05, 0) is 43.3 Å². The lowest BCUT2D eigenvalue weighted by molar-refractivity contribution is 0.101. The second kappa shape index (κ2) is 6.70. The van der Waals surface area contributed by atoms with Crippen LogP contribution in [-0.4, -0.2) is 28.4 Å². The summed E-state index contributed by atoms with van der Waals surface area (Å²) in [5, 5.41) is 0. The van der Waals surface area contributed by atoms with Crippen molar-refractivity contribution < 1.29 is 22.7 Å². The molecule has 0 aliphatic heterocycles. The van der Waals surface area contributed by atoms with Crippen LogP contribution in [0.4, 0.5) is 5.69 Å². The number of methoxy groups -OCH3 is 2. The van der Waals surface area contributed by atoms with Gasteiger partial charge in [-0.25, -0.2) is 8.42 Å². The van der Waals surface area contributed by atoms with Crippen molar-refractivity contribution >= 4 is 21.5 Å². The number of nitrogens with one attached hydrogen (secondary N) is 1. The molecule has 0 saturated carbocycles. The number of Topliss-reactive ketones (excluding diaryl/α,β-unsaturated/α-hetero) is 1. The molecule has 2 rings (SSSR count). The van der Waals surface area contributed by atoms with Crippen LogP contribution in [0.25, 0.3) is 0 Å². The van der Waals surface area contributed by atoms with Gasteiger partial charge in [0.2, 0.25) is 0 Å². The SMILES string of the molecule is COc1ccc(S(=O)(=O)Nc2ccc(C(C)=O)cc2)c(OC)c1. The third kappa shape index (κ3) is 3.81. The number of hydrogen-bond acceptors (Lipinski definition) is 5. The molecule has 0 atom stereocenters. The van der Waals surface area contributed by atoms with Gasteiger partial charge in [0.05, 0.1) is 14.2 Å². The van der Waals surface area contributed by atoms with Gasteiger partial charge in [-0.2, -0.15) is 0 Å². The Kier molecular flexibility index (Phi) is 4.90. The molecule has 23 heavy (non-hydrogen) atoms. The minimum atomic E-state index is -3.83.